The third kappa shape index (κ3) is 4.51. The van der Waals surface area contributed by atoms with Crippen LogP contribution >= 0.6 is 0 Å². The molecular formula is C34H36O10. The Morgan fingerprint density at radius 1 is 0.750 bits per heavy atom. The minimum absolute atomic E-state index is 0.0360. The quantitative estimate of drug-likeness (QED) is 0.250. The van der Waals surface area contributed by atoms with Gasteiger partial charge in [0, 0.05) is 46.5 Å². The van der Waals surface area contributed by atoms with E-state index in [1.54, 1.807) is 26.4 Å². The Kier molecular flexibility index (Phi) is 7.59. The van der Waals surface area contributed by atoms with Crippen molar-refractivity contribution >= 4 is 27.5 Å². The minimum Gasteiger partial charge on any atom is -0.507 e. The maximum Gasteiger partial charge on any atom is 0.303 e. The largest absolute Gasteiger partial charge is 0.507 e. The number of fused-ring (bicyclic) bond motifs is 4. The Morgan fingerprint density at radius 2 is 1.30 bits per heavy atom. The summed E-state index contributed by atoms with van der Waals surface area (Å²) in [4.78, 5) is 12.5. The molecular weight excluding hydrogens is 568 g/mol. The second-order valence-electron chi connectivity index (χ2n) is 11.2. The van der Waals surface area contributed by atoms with Crippen molar-refractivity contribution in [1.29, 1.82) is 0 Å². The highest BCUT2D eigenvalue weighted by Crippen LogP contribution is 2.56. The van der Waals surface area contributed by atoms with Crippen molar-refractivity contribution in [3.05, 3.63) is 46.5 Å². The second-order valence-corrected chi connectivity index (χ2v) is 11.2. The summed E-state index contributed by atoms with van der Waals surface area (Å²) in [7, 11) is 6.19. The molecule has 4 aromatic rings. The molecule has 0 unspecified atom stereocenters. The van der Waals surface area contributed by atoms with E-state index in [1.165, 1.54) is 21.1 Å². The van der Waals surface area contributed by atoms with Gasteiger partial charge >= 0.3 is 5.97 Å². The number of methoxy groups -OCH3 is 4. The van der Waals surface area contributed by atoms with Crippen molar-refractivity contribution in [2.75, 3.05) is 28.4 Å². The standard InChI is InChI=1S/C34H36O10/c1-15-8-20-23(13-42-15)32(36)28-21(9-18(38-4)11-25(28)40-6)27(20)30-22-10-19(39-5)12-26(41-7)29(22)33(37)24-14-43-16(2)34(31(24)30)44-17(3)35/h9-12,15-16,34,36-37H,8,13-14H2,1-7H3/t15-,16-,34+/m0/s1. The first-order chi connectivity index (χ1) is 21.1. The number of hydrogen-bond acceptors (Lipinski definition) is 10. The fourth-order valence-corrected chi connectivity index (χ4v) is 6.64. The highest BCUT2D eigenvalue weighted by Gasteiger charge is 2.39. The van der Waals surface area contributed by atoms with Crippen LogP contribution < -0.4 is 18.9 Å². The average Bonchev–Trinajstić information content (AvgIpc) is 3.01. The molecule has 0 radical (unpaired) electrons. The average molecular weight is 605 g/mol. The van der Waals surface area contributed by atoms with E-state index in [0.717, 1.165) is 11.1 Å². The van der Waals surface area contributed by atoms with Gasteiger partial charge in [0.2, 0.25) is 0 Å². The van der Waals surface area contributed by atoms with Crippen molar-refractivity contribution < 1.29 is 48.2 Å². The van der Waals surface area contributed by atoms with Crippen LogP contribution in [0.2, 0.25) is 0 Å². The van der Waals surface area contributed by atoms with Crippen LogP contribution in [0.15, 0.2) is 24.3 Å². The van der Waals surface area contributed by atoms with E-state index in [9.17, 15) is 15.0 Å². The lowest BCUT2D eigenvalue weighted by Crippen LogP contribution is -2.30. The van der Waals surface area contributed by atoms with Crippen LogP contribution in [0.1, 0.15) is 49.1 Å². The van der Waals surface area contributed by atoms with Crippen molar-refractivity contribution in [3.8, 4) is 45.6 Å². The normalized spacial score (nSPS) is 19.3. The Morgan fingerprint density at radius 3 is 1.84 bits per heavy atom. The molecule has 2 aliphatic heterocycles. The molecule has 0 spiro atoms. The highest BCUT2D eigenvalue weighted by molar-refractivity contribution is 6.15. The number of rotatable bonds is 6. The zero-order valence-electron chi connectivity index (χ0n) is 25.8. The summed E-state index contributed by atoms with van der Waals surface area (Å²) in [5.41, 5.74) is 4.03. The van der Waals surface area contributed by atoms with Crippen LogP contribution in [0, 0.1) is 0 Å². The molecule has 2 aliphatic rings. The topological polar surface area (TPSA) is 122 Å². The maximum atomic E-state index is 12.5. The lowest BCUT2D eigenvalue weighted by molar-refractivity contribution is -0.157. The molecule has 0 aliphatic carbocycles. The fourth-order valence-electron chi connectivity index (χ4n) is 6.64. The number of phenols is 2. The monoisotopic (exact) mass is 604 g/mol. The third-order valence-corrected chi connectivity index (χ3v) is 8.66. The van der Waals surface area contributed by atoms with E-state index < -0.39 is 18.2 Å². The van der Waals surface area contributed by atoms with Gasteiger partial charge in [0.05, 0.1) is 64.6 Å². The van der Waals surface area contributed by atoms with Crippen LogP contribution in [-0.2, 0) is 38.6 Å². The summed E-state index contributed by atoms with van der Waals surface area (Å²) >= 11 is 0. The summed E-state index contributed by atoms with van der Waals surface area (Å²) in [6.45, 7) is 5.41. The molecule has 10 heteroatoms. The van der Waals surface area contributed by atoms with Gasteiger partial charge in [-0.25, -0.2) is 0 Å². The first-order valence-corrected chi connectivity index (χ1v) is 14.4. The molecule has 0 saturated heterocycles. The van der Waals surface area contributed by atoms with Gasteiger partial charge in [-0.1, -0.05) is 0 Å². The zero-order chi connectivity index (χ0) is 31.4. The predicted molar refractivity (Wildman–Crippen MR) is 163 cm³/mol. The number of carbonyl (C=O) groups is 1. The Labute approximate surface area is 254 Å². The number of carbonyl (C=O) groups excluding carboxylic acids is 1. The maximum absolute atomic E-state index is 12.5. The summed E-state index contributed by atoms with van der Waals surface area (Å²) in [6, 6.07) is 7.13. The van der Waals surface area contributed by atoms with Crippen molar-refractivity contribution in [2.45, 2.75) is 58.7 Å². The van der Waals surface area contributed by atoms with Crippen molar-refractivity contribution in [2.24, 2.45) is 0 Å². The molecule has 0 saturated carbocycles. The van der Waals surface area contributed by atoms with Crippen LogP contribution in [0.3, 0.4) is 0 Å². The molecule has 2 N–H and O–H groups in total. The van der Waals surface area contributed by atoms with Gasteiger partial charge in [-0.2, -0.15) is 0 Å². The zero-order valence-corrected chi connectivity index (χ0v) is 25.8. The van der Waals surface area contributed by atoms with Crippen molar-refractivity contribution in [3.63, 3.8) is 0 Å². The summed E-state index contributed by atoms with van der Waals surface area (Å²) < 4.78 is 41.0. The Bertz CT molecular complexity index is 1810. The Hall–Kier alpha value is -4.41. The number of hydrogen-bond donors (Lipinski definition) is 2. The van der Waals surface area contributed by atoms with Crippen LogP contribution in [0.5, 0.6) is 34.5 Å². The minimum atomic E-state index is -0.858. The first-order valence-electron chi connectivity index (χ1n) is 14.4. The number of ether oxygens (including phenoxy) is 7. The number of benzene rings is 4. The number of aromatic hydroxyl groups is 2. The molecule has 10 nitrogen and oxygen atoms in total. The lowest BCUT2D eigenvalue weighted by Gasteiger charge is -2.36. The molecule has 3 atom stereocenters. The van der Waals surface area contributed by atoms with Crippen LogP contribution in [0.4, 0.5) is 0 Å². The molecule has 0 fully saturated rings. The van der Waals surface area contributed by atoms with E-state index >= 15 is 0 Å². The summed E-state index contributed by atoms with van der Waals surface area (Å²) in [5, 5.41) is 25.8. The molecule has 4 aromatic carbocycles. The van der Waals surface area contributed by atoms with Gasteiger partial charge in [-0.15, -0.1) is 0 Å². The SMILES string of the molecule is COc1cc(OC)c2c(O)c3c(c(-c4c5c(c(O)c6c(OC)cc(OC)cc46)CO[C@@H](C)[C@H]5OC(C)=O)c2c1)C[C@H](C)OC3. The van der Waals surface area contributed by atoms with E-state index in [1.807, 2.05) is 26.0 Å². The van der Waals surface area contributed by atoms with E-state index in [-0.39, 0.29) is 30.8 Å². The van der Waals surface area contributed by atoms with E-state index in [0.29, 0.717) is 73.2 Å². The molecule has 0 bridgehead atoms. The van der Waals surface area contributed by atoms with Gasteiger partial charge in [0.15, 0.2) is 6.10 Å². The lowest BCUT2D eigenvalue weighted by atomic mass is 9.78. The van der Waals surface area contributed by atoms with Gasteiger partial charge < -0.3 is 43.4 Å². The van der Waals surface area contributed by atoms with Crippen LogP contribution in [-0.4, -0.2) is 56.8 Å². The van der Waals surface area contributed by atoms with Gasteiger partial charge in [0.1, 0.15) is 34.5 Å². The molecule has 0 aromatic heterocycles. The highest BCUT2D eigenvalue weighted by atomic mass is 16.6. The summed E-state index contributed by atoms with van der Waals surface area (Å²) in [6.07, 6.45) is -1.06. The molecule has 2 heterocycles. The van der Waals surface area contributed by atoms with Gasteiger partial charge in [-0.05, 0) is 49.1 Å². The molecule has 0 amide bonds. The predicted octanol–water partition coefficient (Wildman–Crippen LogP) is 6.09. The molecule has 6 rings (SSSR count). The van der Waals surface area contributed by atoms with E-state index in [2.05, 4.69) is 0 Å². The fraction of sp³-hybridized carbons (Fsp3) is 0.382. The number of esters is 1. The summed E-state index contributed by atoms with van der Waals surface area (Å²) in [5.74, 6) is 1.37. The molecule has 232 valence electrons. The first kappa shape index (κ1) is 29.7. The van der Waals surface area contributed by atoms with Crippen molar-refractivity contribution in [1.82, 2.24) is 0 Å². The number of phenolic OH excluding ortho intramolecular Hbond substituents is 2. The molecule has 44 heavy (non-hydrogen) atoms. The smallest absolute Gasteiger partial charge is 0.303 e. The van der Waals surface area contributed by atoms with Gasteiger partial charge in [-0.3, -0.25) is 4.79 Å². The third-order valence-electron chi connectivity index (χ3n) is 8.66. The Balaban J connectivity index is 1.93. The van der Waals surface area contributed by atoms with Crippen LogP contribution in [0.25, 0.3) is 32.7 Å². The van der Waals surface area contributed by atoms with Gasteiger partial charge in [0.25, 0.3) is 0 Å². The second kappa shape index (κ2) is 11.3. The van der Waals surface area contributed by atoms with E-state index in [4.69, 9.17) is 33.2 Å².